The van der Waals surface area contributed by atoms with Gasteiger partial charge in [0, 0.05) is 5.57 Å². The van der Waals surface area contributed by atoms with Crippen LogP contribution in [0.15, 0.2) is 12.2 Å². The van der Waals surface area contributed by atoms with Crippen LogP contribution in [0.25, 0.3) is 0 Å². The molecular weight excluding hydrogens is 228 g/mol. The third kappa shape index (κ3) is 4.44. The number of cyclic esters (lactones) is 2. The Morgan fingerprint density at radius 1 is 1.53 bits per heavy atom. The molecule has 0 N–H and O–H groups in total. The largest absolute Gasteiger partial charge is 0.509 e. The molecule has 1 heterocycles. The highest BCUT2D eigenvalue weighted by Gasteiger charge is 2.38. The standard InChI is InChI=1S/C11H16O6/c1-8(2)9(12)15-5-4-14-6-11(3)7-16-10(13)17-11/h1,4-7H2,2-3H3. The first-order valence-corrected chi connectivity index (χ1v) is 5.19. The highest BCUT2D eigenvalue weighted by Crippen LogP contribution is 2.19. The zero-order chi connectivity index (χ0) is 12.9. The van der Waals surface area contributed by atoms with Gasteiger partial charge in [0.05, 0.1) is 13.2 Å². The van der Waals surface area contributed by atoms with E-state index in [9.17, 15) is 9.59 Å². The number of esters is 1. The van der Waals surface area contributed by atoms with Crippen LogP contribution in [0.1, 0.15) is 13.8 Å². The van der Waals surface area contributed by atoms with Gasteiger partial charge in [-0.25, -0.2) is 9.59 Å². The number of hydrogen-bond acceptors (Lipinski definition) is 6. The minimum Gasteiger partial charge on any atom is -0.460 e. The van der Waals surface area contributed by atoms with Crippen molar-refractivity contribution >= 4 is 12.1 Å². The highest BCUT2D eigenvalue weighted by molar-refractivity contribution is 5.86. The van der Waals surface area contributed by atoms with E-state index in [0.717, 1.165) is 0 Å². The molecule has 1 unspecified atom stereocenters. The van der Waals surface area contributed by atoms with E-state index in [2.05, 4.69) is 11.3 Å². The third-order valence-corrected chi connectivity index (χ3v) is 2.04. The van der Waals surface area contributed by atoms with Crippen molar-refractivity contribution in [3.05, 3.63) is 12.2 Å². The second kappa shape index (κ2) is 5.67. The van der Waals surface area contributed by atoms with Crippen LogP contribution >= 0.6 is 0 Å². The molecule has 1 aliphatic heterocycles. The van der Waals surface area contributed by atoms with Crippen molar-refractivity contribution < 1.29 is 28.5 Å². The average Bonchev–Trinajstić information content (AvgIpc) is 2.58. The maximum Gasteiger partial charge on any atom is 0.509 e. The van der Waals surface area contributed by atoms with Crippen molar-refractivity contribution in [2.45, 2.75) is 19.4 Å². The Kier molecular flexibility index (Phi) is 4.51. The van der Waals surface area contributed by atoms with Crippen LogP contribution in [0.5, 0.6) is 0 Å². The van der Waals surface area contributed by atoms with Gasteiger partial charge in [-0.3, -0.25) is 0 Å². The van der Waals surface area contributed by atoms with Gasteiger partial charge in [-0.05, 0) is 13.8 Å². The SMILES string of the molecule is C=C(C)C(=O)OCCOCC1(C)COC(=O)O1. The molecule has 0 saturated carbocycles. The topological polar surface area (TPSA) is 71.1 Å². The summed E-state index contributed by atoms with van der Waals surface area (Å²) in [6.07, 6.45) is -0.690. The molecule has 0 amide bonds. The maximum absolute atomic E-state index is 11.0. The van der Waals surface area contributed by atoms with E-state index in [-0.39, 0.29) is 26.4 Å². The molecule has 0 aromatic carbocycles. The van der Waals surface area contributed by atoms with Crippen LogP contribution in [0, 0.1) is 0 Å². The van der Waals surface area contributed by atoms with Crippen LogP contribution in [0.4, 0.5) is 4.79 Å². The molecular formula is C11H16O6. The van der Waals surface area contributed by atoms with Gasteiger partial charge < -0.3 is 18.9 Å². The minimum absolute atomic E-state index is 0.135. The molecule has 0 radical (unpaired) electrons. The van der Waals surface area contributed by atoms with Gasteiger partial charge in [0.2, 0.25) is 0 Å². The van der Waals surface area contributed by atoms with E-state index >= 15 is 0 Å². The third-order valence-electron chi connectivity index (χ3n) is 2.04. The summed E-state index contributed by atoms with van der Waals surface area (Å²) in [6, 6.07) is 0. The highest BCUT2D eigenvalue weighted by atomic mass is 16.8. The van der Waals surface area contributed by atoms with Gasteiger partial charge in [-0.15, -0.1) is 0 Å². The molecule has 0 aromatic rings. The van der Waals surface area contributed by atoms with Gasteiger partial charge in [-0.1, -0.05) is 6.58 Å². The normalized spacial score (nSPS) is 22.8. The Morgan fingerprint density at radius 3 is 2.76 bits per heavy atom. The van der Waals surface area contributed by atoms with Gasteiger partial charge in [-0.2, -0.15) is 0 Å². The summed E-state index contributed by atoms with van der Waals surface area (Å²) < 4.78 is 19.6. The fourth-order valence-electron chi connectivity index (χ4n) is 1.15. The van der Waals surface area contributed by atoms with Crippen LogP contribution in [-0.4, -0.2) is 44.2 Å². The average molecular weight is 244 g/mol. The van der Waals surface area contributed by atoms with Gasteiger partial charge >= 0.3 is 12.1 Å². The molecule has 1 fully saturated rings. The summed E-state index contributed by atoms with van der Waals surface area (Å²) >= 11 is 0. The summed E-state index contributed by atoms with van der Waals surface area (Å²) in [6.45, 7) is 7.45. The molecule has 6 nitrogen and oxygen atoms in total. The lowest BCUT2D eigenvalue weighted by Gasteiger charge is -2.18. The predicted octanol–water partition coefficient (Wildman–Crippen LogP) is 1.05. The molecule has 96 valence electrons. The van der Waals surface area contributed by atoms with Crippen LogP contribution < -0.4 is 0 Å². The lowest BCUT2D eigenvalue weighted by Crippen LogP contribution is -2.34. The molecule has 0 bridgehead atoms. The van der Waals surface area contributed by atoms with E-state index in [0.29, 0.717) is 5.57 Å². The molecule has 0 aromatic heterocycles. The van der Waals surface area contributed by atoms with Gasteiger partial charge in [0.1, 0.15) is 13.2 Å². The first-order chi connectivity index (χ1) is 7.93. The monoisotopic (exact) mass is 244 g/mol. The van der Waals surface area contributed by atoms with Crippen molar-refractivity contribution in [1.82, 2.24) is 0 Å². The Bertz CT molecular complexity index is 324. The zero-order valence-corrected chi connectivity index (χ0v) is 9.99. The lowest BCUT2D eigenvalue weighted by atomic mass is 10.1. The summed E-state index contributed by atoms with van der Waals surface area (Å²) in [5.74, 6) is -0.449. The number of carbonyl (C=O) groups is 2. The Morgan fingerprint density at radius 2 is 2.24 bits per heavy atom. The van der Waals surface area contributed by atoms with Crippen molar-refractivity contribution in [3.63, 3.8) is 0 Å². The number of rotatable bonds is 6. The van der Waals surface area contributed by atoms with Crippen molar-refractivity contribution in [1.29, 1.82) is 0 Å². The quantitative estimate of drug-likeness (QED) is 0.395. The maximum atomic E-state index is 11.0. The first kappa shape index (κ1) is 13.5. The molecule has 1 atom stereocenters. The Labute approximate surface area is 99.5 Å². The molecule has 1 rings (SSSR count). The molecule has 0 spiro atoms. The van der Waals surface area contributed by atoms with E-state index in [1.807, 2.05) is 0 Å². The molecule has 6 heteroatoms. The molecule has 1 saturated heterocycles. The Hall–Kier alpha value is -1.56. The summed E-state index contributed by atoms with van der Waals surface area (Å²) in [5.41, 5.74) is -0.412. The molecule has 1 aliphatic rings. The molecule has 17 heavy (non-hydrogen) atoms. The second-order valence-corrected chi connectivity index (χ2v) is 4.06. The van der Waals surface area contributed by atoms with E-state index < -0.39 is 17.7 Å². The van der Waals surface area contributed by atoms with Crippen molar-refractivity contribution in [2.75, 3.05) is 26.4 Å². The second-order valence-electron chi connectivity index (χ2n) is 4.06. The first-order valence-electron chi connectivity index (χ1n) is 5.19. The van der Waals surface area contributed by atoms with E-state index in [1.165, 1.54) is 0 Å². The zero-order valence-electron chi connectivity index (χ0n) is 9.99. The minimum atomic E-state index is -0.755. The fraction of sp³-hybridized carbons (Fsp3) is 0.636. The smallest absolute Gasteiger partial charge is 0.460 e. The lowest BCUT2D eigenvalue weighted by molar-refractivity contribution is -0.141. The van der Waals surface area contributed by atoms with Crippen LogP contribution in [0.2, 0.25) is 0 Å². The van der Waals surface area contributed by atoms with Crippen LogP contribution in [0.3, 0.4) is 0 Å². The summed E-state index contributed by atoms with van der Waals surface area (Å²) in [7, 11) is 0. The summed E-state index contributed by atoms with van der Waals surface area (Å²) in [4.78, 5) is 21.7. The fourth-order valence-corrected chi connectivity index (χ4v) is 1.15. The van der Waals surface area contributed by atoms with E-state index in [1.54, 1.807) is 13.8 Å². The van der Waals surface area contributed by atoms with E-state index in [4.69, 9.17) is 14.2 Å². The number of ether oxygens (including phenoxy) is 4. The van der Waals surface area contributed by atoms with Crippen molar-refractivity contribution in [2.24, 2.45) is 0 Å². The summed E-state index contributed by atoms with van der Waals surface area (Å²) in [5, 5.41) is 0. The van der Waals surface area contributed by atoms with Gasteiger partial charge in [0.25, 0.3) is 0 Å². The number of carbonyl (C=O) groups excluding carboxylic acids is 2. The Balaban J connectivity index is 2.10. The number of hydrogen-bond donors (Lipinski definition) is 0. The predicted molar refractivity (Wildman–Crippen MR) is 57.4 cm³/mol. The molecule has 0 aliphatic carbocycles. The van der Waals surface area contributed by atoms with Gasteiger partial charge in [0.15, 0.2) is 5.60 Å². The van der Waals surface area contributed by atoms with Crippen molar-refractivity contribution in [3.8, 4) is 0 Å². The van der Waals surface area contributed by atoms with Crippen LogP contribution in [-0.2, 0) is 23.7 Å².